The van der Waals surface area contributed by atoms with Crippen molar-refractivity contribution in [3.8, 4) is 0 Å². The second-order valence-electron chi connectivity index (χ2n) is 6.81. The number of fused-ring (bicyclic) bond motifs is 1. The monoisotopic (exact) mass is 349 g/mol. The maximum absolute atomic E-state index is 12.9. The zero-order chi connectivity index (χ0) is 17.9. The molecule has 1 saturated heterocycles. The summed E-state index contributed by atoms with van der Waals surface area (Å²) in [7, 11) is 0. The van der Waals surface area contributed by atoms with E-state index in [0.29, 0.717) is 13.0 Å². The van der Waals surface area contributed by atoms with Crippen LogP contribution in [0.3, 0.4) is 0 Å². The van der Waals surface area contributed by atoms with E-state index in [9.17, 15) is 4.79 Å². The number of rotatable bonds is 5. The number of nitrogens with zero attached hydrogens (tertiary/aromatic N) is 3. The van der Waals surface area contributed by atoms with Crippen molar-refractivity contribution in [2.75, 3.05) is 24.5 Å². The zero-order valence-corrected chi connectivity index (χ0v) is 14.9. The molecule has 134 valence electrons. The number of anilines is 1. The summed E-state index contributed by atoms with van der Waals surface area (Å²) in [5, 5.41) is 11.6. The number of ketones is 1. The van der Waals surface area contributed by atoms with Crippen LogP contribution in [0.4, 0.5) is 5.82 Å². The normalized spacial score (nSPS) is 17.6. The molecule has 0 radical (unpaired) electrons. The number of benzene rings is 1. The standard InChI is InChI=1S/C20H23N5O/c1-14-10-15(11-16-12-23-24-20(14)16)5-6-18(26)17-13-21-8-9-25(17)19-4-2-3-7-22-19/h2-4,7,10-12,17,21H,5-6,8-9,13H2,1H3,(H,23,24). The Balaban J connectivity index is 1.47. The molecule has 0 bridgehead atoms. The van der Waals surface area contributed by atoms with E-state index < -0.39 is 0 Å². The lowest BCUT2D eigenvalue weighted by molar-refractivity contribution is -0.120. The third-order valence-corrected chi connectivity index (χ3v) is 5.02. The predicted molar refractivity (Wildman–Crippen MR) is 102 cm³/mol. The minimum absolute atomic E-state index is 0.155. The topological polar surface area (TPSA) is 73.9 Å². The summed E-state index contributed by atoms with van der Waals surface area (Å²) in [5.74, 6) is 1.14. The van der Waals surface area contributed by atoms with E-state index in [2.05, 4.69) is 44.5 Å². The highest BCUT2D eigenvalue weighted by Crippen LogP contribution is 2.21. The first-order valence-corrected chi connectivity index (χ1v) is 9.06. The number of hydrogen-bond acceptors (Lipinski definition) is 5. The van der Waals surface area contributed by atoms with Crippen LogP contribution in [0, 0.1) is 6.92 Å². The first-order chi connectivity index (χ1) is 12.7. The molecule has 1 aliphatic heterocycles. The van der Waals surface area contributed by atoms with Gasteiger partial charge in [-0.05, 0) is 42.7 Å². The predicted octanol–water partition coefficient (Wildman–Crippen LogP) is 2.25. The molecule has 0 spiro atoms. The van der Waals surface area contributed by atoms with E-state index in [1.54, 1.807) is 6.20 Å². The molecule has 2 aromatic heterocycles. The number of aromatic amines is 1. The fourth-order valence-electron chi connectivity index (χ4n) is 3.68. The van der Waals surface area contributed by atoms with Crippen molar-refractivity contribution in [2.45, 2.75) is 25.8 Å². The molecular formula is C20H23N5O. The molecule has 4 rings (SSSR count). The van der Waals surface area contributed by atoms with Gasteiger partial charge in [-0.1, -0.05) is 12.1 Å². The second-order valence-corrected chi connectivity index (χ2v) is 6.81. The number of aryl methyl sites for hydroxylation is 2. The minimum atomic E-state index is -0.155. The summed E-state index contributed by atoms with van der Waals surface area (Å²) in [4.78, 5) is 19.5. The molecule has 0 amide bonds. The van der Waals surface area contributed by atoms with Gasteiger partial charge in [0.15, 0.2) is 5.78 Å². The molecule has 0 aliphatic carbocycles. The lowest BCUT2D eigenvalue weighted by atomic mass is 9.99. The van der Waals surface area contributed by atoms with Gasteiger partial charge in [0.05, 0.1) is 11.7 Å². The van der Waals surface area contributed by atoms with Crippen LogP contribution in [-0.2, 0) is 11.2 Å². The Morgan fingerprint density at radius 3 is 3.12 bits per heavy atom. The van der Waals surface area contributed by atoms with Crippen LogP contribution in [0.5, 0.6) is 0 Å². The second kappa shape index (κ2) is 7.25. The van der Waals surface area contributed by atoms with Crippen LogP contribution in [0.25, 0.3) is 10.9 Å². The van der Waals surface area contributed by atoms with Gasteiger partial charge in [-0.15, -0.1) is 0 Å². The number of aromatic nitrogens is 3. The molecule has 26 heavy (non-hydrogen) atoms. The largest absolute Gasteiger partial charge is 0.344 e. The van der Waals surface area contributed by atoms with E-state index in [0.717, 1.165) is 41.8 Å². The Morgan fingerprint density at radius 1 is 1.35 bits per heavy atom. The first-order valence-electron chi connectivity index (χ1n) is 9.06. The van der Waals surface area contributed by atoms with Gasteiger partial charge in [-0.3, -0.25) is 9.89 Å². The fourth-order valence-corrected chi connectivity index (χ4v) is 3.68. The number of hydrogen-bond donors (Lipinski definition) is 2. The molecule has 3 heterocycles. The van der Waals surface area contributed by atoms with Crippen molar-refractivity contribution in [2.24, 2.45) is 0 Å². The highest BCUT2D eigenvalue weighted by Gasteiger charge is 2.28. The van der Waals surface area contributed by atoms with Gasteiger partial charge in [0, 0.05) is 37.6 Å². The van der Waals surface area contributed by atoms with Gasteiger partial charge in [0.2, 0.25) is 0 Å². The van der Waals surface area contributed by atoms with E-state index in [1.165, 1.54) is 5.56 Å². The van der Waals surface area contributed by atoms with Crippen LogP contribution in [0.15, 0.2) is 42.7 Å². The highest BCUT2D eigenvalue weighted by molar-refractivity contribution is 5.88. The molecule has 6 nitrogen and oxygen atoms in total. The van der Waals surface area contributed by atoms with Crippen molar-refractivity contribution in [3.05, 3.63) is 53.9 Å². The summed E-state index contributed by atoms with van der Waals surface area (Å²) in [6.45, 7) is 4.42. The number of piperazine rings is 1. The van der Waals surface area contributed by atoms with Crippen LogP contribution in [-0.4, -0.2) is 46.6 Å². The van der Waals surface area contributed by atoms with Crippen molar-refractivity contribution in [1.29, 1.82) is 0 Å². The first kappa shape index (κ1) is 16.7. The highest BCUT2D eigenvalue weighted by atomic mass is 16.1. The van der Waals surface area contributed by atoms with Crippen LogP contribution < -0.4 is 10.2 Å². The van der Waals surface area contributed by atoms with Gasteiger partial charge in [0.25, 0.3) is 0 Å². The van der Waals surface area contributed by atoms with Gasteiger partial charge < -0.3 is 10.2 Å². The molecule has 2 N–H and O–H groups in total. The van der Waals surface area contributed by atoms with E-state index in [-0.39, 0.29) is 11.8 Å². The number of H-pyrrole nitrogens is 1. The molecular weight excluding hydrogens is 326 g/mol. The summed E-state index contributed by atoms with van der Waals surface area (Å²) in [5.41, 5.74) is 3.41. The van der Waals surface area contributed by atoms with Gasteiger partial charge in [-0.25, -0.2) is 4.98 Å². The fraction of sp³-hybridized carbons (Fsp3) is 0.350. The maximum Gasteiger partial charge on any atom is 0.156 e. The van der Waals surface area contributed by atoms with Crippen molar-refractivity contribution >= 4 is 22.5 Å². The van der Waals surface area contributed by atoms with Crippen LogP contribution in [0.1, 0.15) is 17.5 Å². The lowest BCUT2D eigenvalue weighted by Crippen LogP contribution is -2.55. The smallest absolute Gasteiger partial charge is 0.156 e. The molecule has 1 unspecified atom stereocenters. The quantitative estimate of drug-likeness (QED) is 0.739. The van der Waals surface area contributed by atoms with E-state index in [4.69, 9.17) is 0 Å². The number of nitrogens with one attached hydrogen (secondary N) is 2. The number of pyridine rings is 1. The van der Waals surface area contributed by atoms with Crippen molar-refractivity contribution < 1.29 is 4.79 Å². The Morgan fingerprint density at radius 2 is 2.27 bits per heavy atom. The molecule has 1 aliphatic rings. The summed E-state index contributed by atoms with van der Waals surface area (Å²) >= 11 is 0. The Kier molecular flexibility index (Phi) is 4.67. The molecule has 1 atom stereocenters. The molecule has 3 aromatic rings. The summed E-state index contributed by atoms with van der Waals surface area (Å²) < 4.78 is 0. The maximum atomic E-state index is 12.9. The van der Waals surface area contributed by atoms with Crippen LogP contribution in [0.2, 0.25) is 0 Å². The summed E-state index contributed by atoms with van der Waals surface area (Å²) in [6.07, 6.45) is 4.88. The summed E-state index contributed by atoms with van der Waals surface area (Å²) in [6, 6.07) is 9.95. The number of Topliss-reactive ketones (excluding diaryl/α,β-unsaturated/α-hetero) is 1. The molecule has 1 fully saturated rings. The lowest BCUT2D eigenvalue weighted by Gasteiger charge is -2.36. The van der Waals surface area contributed by atoms with Crippen molar-refractivity contribution in [1.82, 2.24) is 20.5 Å². The Bertz CT molecular complexity index is 905. The number of carbonyl (C=O) groups excluding carboxylic acids is 1. The van der Waals surface area contributed by atoms with Gasteiger partial charge in [-0.2, -0.15) is 5.10 Å². The molecule has 1 aromatic carbocycles. The SMILES string of the molecule is Cc1cc(CCC(=O)C2CNCCN2c2ccccn2)cc2cn[nH]c12. The average Bonchev–Trinajstić information content (AvgIpc) is 3.16. The van der Waals surface area contributed by atoms with Gasteiger partial charge in [0.1, 0.15) is 11.9 Å². The molecule has 6 heteroatoms. The third kappa shape index (κ3) is 3.32. The van der Waals surface area contributed by atoms with Crippen LogP contribution >= 0.6 is 0 Å². The zero-order valence-electron chi connectivity index (χ0n) is 14.9. The third-order valence-electron chi connectivity index (χ3n) is 5.02. The Labute approximate surface area is 152 Å². The Hall–Kier alpha value is -2.73. The van der Waals surface area contributed by atoms with Gasteiger partial charge >= 0.3 is 0 Å². The average molecular weight is 349 g/mol. The van der Waals surface area contributed by atoms with E-state index >= 15 is 0 Å². The molecule has 0 saturated carbocycles. The number of carbonyl (C=O) groups is 1. The minimum Gasteiger partial charge on any atom is -0.344 e. The van der Waals surface area contributed by atoms with E-state index in [1.807, 2.05) is 24.4 Å². The van der Waals surface area contributed by atoms with Crippen molar-refractivity contribution in [3.63, 3.8) is 0 Å².